The maximum atomic E-state index is 11.6. The number of aromatic hydroxyl groups is 1. The number of rotatable bonds is 6. The van der Waals surface area contributed by atoms with Crippen LogP contribution in [0.3, 0.4) is 0 Å². The van der Waals surface area contributed by atoms with Gasteiger partial charge in [0.15, 0.2) is 0 Å². The first-order chi connectivity index (χ1) is 7.69. The van der Waals surface area contributed by atoms with E-state index in [0.29, 0.717) is 23.6 Å². The summed E-state index contributed by atoms with van der Waals surface area (Å²) in [7, 11) is 0. The second-order valence-corrected chi connectivity index (χ2v) is 4.72. The van der Waals surface area contributed by atoms with Gasteiger partial charge < -0.3 is 10.1 Å². The van der Waals surface area contributed by atoms with E-state index in [1.165, 1.54) is 0 Å². The molecule has 0 bridgehead atoms. The summed E-state index contributed by atoms with van der Waals surface area (Å²) in [5.41, 5.74) is 0.188. The summed E-state index contributed by atoms with van der Waals surface area (Å²) in [6.07, 6.45) is 2.48. The van der Waals surface area contributed by atoms with Gasteiger partial charge in [0.1, 0.15) is 5.82 Å². The topological polar surface area (TPSA) is 66.0 Å². The monoisotopic (exact) mass is 242 g/mol. The highest BCUT2D eigenvalue weighted by molar-refractivity contribution is 7.98. The van der Waals surface area contributed by atoms with Gasteiger partial charge in [0.25, 0.3) is 5.56 Å². The van der Waals surface area contributed by atoms with Gasteiger partial charge in [-0.3, -0.25) is 4.79 Å². The highest BCUT2D eigenvalue weighted by Gasteiger charge is 2.09. The first-order valence-corrected chi connectivity index (χ1v) is 6.73. The van der Waals surface area contributed by atoms with Crippen molar-refractivity contribution in [1.82, 2.24) is 9.97 Å². The third-order valence-electron chi connectivity index (χ3n) is 2.13. The molecular formula is C11H18N2O2S. The van der Waals surface area contributed by atoms with Gasteiger partial charge in [-0.2, -0.15) is 16.7 Å². The first-order valence-electron chi connectivity index (χ1n) is 5.57. The average molecular weight is 242 g/mol. The Bertz CT molecular complexity index is 390. The van der Waals surface area contributed by atoms with Crippen molar-refractivity contribution < 1.29 is 5.11 Å². The largest absolute Gasteiger partial charge is 0.493 e. The molecule has 0 unspecified atom stereocenters. The number of aromatic nitrogens is 2. The number of nitrogens with zero attached hydrogens (tertiary/aromatic N) is 1. The molecule has 0 aliphatic carbocycles. The van der Waals surface area contributed by atoms with E-state index in [4.69, 9.17) is 0 Å². The lowest BCUT2D eigenvalue weighted by Gasteiger charge is -2.04. The summed E-state index contributed by atoms with van der Waals surface area (Å²) in [6.45, 7) is 4.06. The molecule has 0 amide bonds. The number of nitrogens with one attached hydrogen (secondary N) is 1. The number of aromatic amines is 1. The zero-order valence-corrected chi connectivity index (χ0v) is 10.6. The molecule has 1 rings (SSSR count). The minimum atomic E-state index is -0.207. The molecule has 0 radical (unpaired) electrons. The lowest BCUT2D eigenvalue weighted by Crippen LogP contribution is -2.16. The fourth-order valence-electron chi connectivity index (χ4n) is 1.39. The van der Waals surface area contributed by atoms with Crippen molar-refractivity contribution >= 4 is 11.8 Å². The Morgan fingerprint density at radius 3 is 2.69 bits per heavy atom. The second kappa shape index (κ2) is 6.58. The van der Waals surface area contributed by atoms with Crippen LogP contribution in [0.15, 0.2) is 4.79 Å². The number of H-pyrrole nitrogens is 1. The van der Waals surface area contributed by atoms with Crippen LogP contribution in [0, 0.1) is 0 Å². The number of hydrogen-bond donors (Lipinski definition) is 2. The Balaban J connectivity index is 2.79. The van der Waals surface area contributed by atoms with Crippen LogP contribution in [-0.4, -0.2) is 20.8 Å². The van der Waals surface area contributed by atoms with Crippen LogP contribution in [0.1, 0.15) is 38.1 Å². The van der Waals surface area contributed by atoms with E-state index in [0.717, 1.165) is 18.6 Å². The molecule has 1 heterocycles. The van der Waals surface area contributed by atoms with Crippen molar-refractivity contribution in [3.63, 3.8) is 0 Å². The van der Waals surface area contributed by atoms with Gasteiger partial charge in [-0.25, -0.2) is 0 Å². The molecular weight excluding hydrogens is 224 g/mol. The van der Waals surface area contributed by atoms with Crippen LogP contribution in [-0.2, 0) is 12.2 Å². The number of thioether (sulfide) groups is 1. The van der Waals surface area contributed by atoms with Crippen molar-refractivity contribution in [3.8, 4) is 5.88 Å². The zero-order chi connectivity index (χ0) is 12.0. The van der Waals surface area contributed by atoms with Gasteiger partial charge in [-0.1, -0.05) is 20.3 Å². The third kappa shape index (κ3) is 3.56. The molecule has 0 saturated heterocycles. The molecule has 0 spiro atoms. The van der Waals surface area contributed by atoms with E-state index in [2.05, 4.69) is 16.9 Å². The molecule has 0 saturated carbocycles. The summed E-state index contributed by atoms with van der Waals surface area (Å²) in [5.74, 6) is 2.11. The van der Waals surface area contributed by atoms with Crippen LogP contribution in [0.5, 0.6) is 5.88 Å². The lowest BCUT2D eigenvalue weighted by atomic mass is 10.2. The first kappa shape index (κ1) is 13.1. The average Bonchev–Trinajstić information content (AvgIpc) is 2.24. The van der Waals surface area contributed by atoms with Crippen LogP contribution >= 0.6 is 11.8 Å². The van der Waals surface area contributed by atoms with Crippen molar-refractivity contribution in [1.29, 1.82) is 0 Å². The highest BCUT2D eigenvalue weighted by Crippen LogP contribution is 2.14. The van der Waals surface area contributed by atoms with Crippen molar-refractivity contribution in [3.05, 3.63) is 21.7 Å². The Hall–Kier alpha value is -0.970. The fourth-order valence-corrected chi connectivity index (χ4v) is 2.15. The summed E-state index contributed by atoms with van der Waals surface area (Å²) < 4.78 is 0. The van der Waals surface area contributed by atoms with Crippen LogP contribution in [0.4, 0.5) is 0 Å². The van der Waals surface area contributed by atoms with Crippen molar-refractivity contribution in [2.45, 2.75) is 38.9 Å². The SMILES string of the molecule is CCCSCc1nc(O)c(CCC)c(=O)[nH]1. The minimum absolute atomic E-state index is 0.113. The molecule has 1 aromatic rings. The summed E-state index contributed by atoms with van der Waals surface area (Å²) >= 11 is 1.70. The molecule has 0 aliphatic heterocycles. The summed E-state index contributed by atoms with van der Waals surface area (Å²) in [6, 6.07) is 0. The molecule has 0 atom stereocenters. The molecule has 5 heteroatoms. The van der Waals surface area contributed by atoms with Gasteiger partial charge >= 0.3 is 0 Å². The van der Waals surface area contributed by atoms with Crippen LogP contribution in [0.2, 0.25) is 0 Å². The summed E-state index contributed by atoms with van der Waals surface area (Å²) in [4.78, 5) is 18.3. The van der Waals surface area contributed by atoms with E-state index in [1.54, 1.807) is 11.8 Å². The van der Waals surface area contributed by atoms with Gasteiger partial charge in [0.2, 0.25) is 5.88 Å². The molecule has 0 fully saturated rings. The van der Waals surface area contributed by atoms with Crippen LogP contribution in [0.25, 0.3) is 0 Å². The van der Waals surface area contributed by atoms with E-state index >= 15 is 0 Å². The van der Waals surface area contributed by atoms with Gasteiger partial charge in [-0.15, -0.1) is 0 Å². The van der Waals surface area contributed by atoms with Gasteiger partial charge in [0.05, 0.1) is 11.3 Å². The molecule has 16 heavy (non-hydrogen) atoms. The summed E-state index contributed by atoms with van der Waals surface area (Å²) in [5, 5.41) is 9.62. The van der Waals surface area contributed by atoms with Crippen molar-refractivity contribution in [2.24, 2.45) is 0 Å². The molecule has 1 aromatic heterocycles. The fraction of sp³-hybridized carbons (Fsp3) is 0.636. The molecule has 0 aromatic carbocycles. The Labute approximate surface area is 99.5 Å². The predicted octanol–water partition coefficient (Wildman–Crippen LogP) is 2.07. The van der Waals surface area contributed by atoms with E-state index < -0.39 is 0 Å². The smallest absolute Gasteiger partial charge is 0.257 e. The van der Waals surface area contributed by atoms with E-state index in [1.807, 2.05) is 6.92 Å². The Morgan fingerprint density at radius 2 is 2.12 bits per heavy atom. The molecule has 2 N–H and O–H groups in total. The normalized spacial score (nSPS) is 10.6. The molecule has 90 valence electrons. The van der Waals surface area contributed by atoms with E-state index in [9.17, 15) is 9.90 Å². The Morgan fingerprint density at radius 1 is 1.38 bits per heavy atom. The van der Waals surface area contributed by atoms with Gasteiger partial charge in [-0.05, 0) is 18.6 Å². The maximum Gasteiger partial charge on any atom is 0.257 e. The van der Waals surface area contributed by atoms with Gasteiger partial charge in [0, 0.05) is 0 Å². The second-order valence-electron chi connectivity index (χ2n) is 3.62. The minimum Gasteiger partial charge on any atom is -0.493 e. The quantitative estimate of drug-likeness (QED) is 0.749. The van der Waals surface area contributed by atoms with Crippen LogP contribution < -0.4 is 5.56 Å². The van der Waals surface area contributed by atoms with E-state index in [-0.39, 0.29) is 11.4 Å². The highest BCUT2D eigenvalue weighted by atomic mass is 32.2. The third-order valence-corrected chi connectivity index (χ3v) is 3.30. The number of hydrogen-bond acceptors (Lipinski definition) is 4. The zero-order valence-electron chi connectivity index (χ0n) is 9.75. The standard InChI is InChI=1S/C11H18N2O2S/c1-3-5-8-10(14)12-9(13-11(8)15)7-16-6-4-2/h3-7H2,1-2H3,(H2,12,13,14,15). The molecule has 0 aliphatic rings. The molecule has 4 nitrogen and oxygen atoms in total. The maximum absolute atomic E-state index is 11.6. The lowest BCUT2D eigenvalue weighted by molar-refractivity contribution is 0.440. The Kier molecular flexibility index (Phi) is 5.38. The van der Waals surface area contributed by atoms with Crippen molar-refractivity contribution in [2.75, 3.05) is 5.75 Å². The predicted molar refractivity (Wildman–Crippen MR) is 67.0 cm³/mol.